The molecule has 0 aromatic heterocycles. The van der Waals surface area contributed by atoms with E-state index in [2.05, 4.69) is 0 Å². The molecule has 0 aromatic carbocycles. The summed E-state index contributed by atoms with van der Waals surface area (Å²) < 4.78 is 10.0. The number of aliphatic hydroxyl groups is 1. The van der Waals surface area contributed by atoms with Crippen LogP contribution in [-0.2, 0) is 14.3 Å². The van der Waals surface area contributed by atoms with Gasteiger partial charge in [-0.3, -0.25) is 0 Å². The molecule has 1 N–H and O–H groups in total. The van der Waals surface area contributed by atoms with Gasteiger partial charge < -0.3 is 14.6 Å². The summed E-state index contributed by atoms with van der Waals surface area (Å²) in [5, 5.41) is 25.4. The van der Waals surface area contributed by atoms with Gasteiger partial charge in [0.1, 0.15) is 0 Å². The zero-order chi connectivity index (χ0) is 13.6. The van der Waals surface area contributed by atoms with E-state index in [1.807, 2.05) is 0 Å². The molecule has 0 aliphatic heterocycles. The summed E-state index contributed by atoms with van der Waals surface area (Å²) in [6.07, 6.45) is 2.95. The number of ether oxygens (including phenoxy) is 2. The van der Waals surface area contributed by atoms with Gasteiger partial charge in [0.25, 0.3) is 0 Å². The summed E-state index contributed by atoms with van der Waals surface area (Å²) in [4.78, 5) is 11.1. The maximum atomic E-state index is 11.1. The fourth-order valence-corrected chi connectivity index (χ4v) is 1.11. The van der Waals surface area contributed by atoms with Crippen LogP contribution in [-0.4, -0.2) is 37.5 Å². The Balaban J connectivity index is 3.34. The van der Waals surface area contributed by atoms with E-state index in [0.717, 1.165) is 19.3 Å². The number of esters is 1. The molecule has 0 rings (SSSR count). The highest BCUT2D eigenvalue weighted by Crippen LogP contribution is 1.99. The molecule has 18 heavy (non-hydrogen) atoms. The van der Waals surface area contributed by atoms with Crippen molar-refractivity contribution >= 4 is 5.97 Å². The van der Waals surface area contributed by atoms with Crippen molar-refractivity contribution in [2.45, 2.75) is 25.7 Å². The molecule has 6 heteroatoms. The normalized spacial score (nSPS) is 9.78. The molecule has 0 fully saturated rings. The van der Waals surface area contributed by atoms with Crippen molar-refractivity contribution in [2.24, 2.45) is 5.92 Å². The van der Waals surface area contributed by atoms with E-state index in [0.29, 0.717) is 19.6 Å². The Bertz CT molecular complexity index is 292. The maximum absolute atomic E-state index is 11.1. The van der Waals surface area contributed by atoms with E-state index in [1.165, 1.54) is 0 Å². The van der Waals surface area contributed by atoms with Crippen LogP contribution in [0.5, 0.6) is 0 Å². The summed E-state index contributed by atoms with van der Waals surface area (Å²) in [7, 11) is 0. The van der Waals surface area contributed by atoms with Crippen molar-refractivity contribution in [2.75, 3.05) is 26.4 Å². The van der Waals surface area contributed by atoms with Gasteiger partial charge in [0.05, 0.1) is 18.7 Å². The van der Waals surface area contributed by atoms with Gasteiger partial charge >= 0.3 is 5.97 Å². The lowest BCUT2D eigenvalue weighted by molar-refractivity contribution is -0.145. The number of hydrogen-bond donors (Lipinski definition) is 1. The Kier molecular flexibility index (Phi) is 10.8. The van der Waals surface area contributed by atoms with Crippen molar-refractivity contribution in [3.63, 3.8) is 0 Å². The first-order valence-corrected chi connectivity index (χ1v) is 5.90. The predicted molar refractivity (Wildman–Crippen MR) is 62.0 cm³/mol. The fourth-order valence-electron chi connectivity index (χ4n) is 1.11. The van der Waals surface area contributed by atoms with Crippen LogP contribution in [0.2, 0.25) is 0 Å². The molecule has 0 aromatic rings. The summed E-state index contributed by atoms with van der Waals surface area (Å²) in [6.45, 7) is 1.56. The Morgan fingerprint density at radius 2 is 1.61 bits per heavy atom. The summed E-state index contributed by atoms with van der Waals surface area (Å²) in [5.41, 5.74) is 0. The Hall–Kier alpha value is -1.63. The molecule has 0 unspecified atom stereocenters. The predicted octanol–water partition coefficient (Wildman–Crippen LogP) is 0.762. The van der Waals surface area contributed by atoms with E-state index in [9.17, 15) is 4.79 Å². The lowest BCUT2D eigenvalue weighted by atomic mass is 10.2. The summed E-state index contributed by atoms with van der Waals surface area (Å²) in [5.74, 6) is -2.12. The average molecular weight is 254 g/mol. The third kappa shape index (κ3) is 8.51. The number of nitriles is 2. The number of unbranched alkanes of at least 4 members (excludes halogenated alkanes) is 2. The van der Waals surface area contributed by atoms with Crippen LogP contribution in [0.15, 0.2) is 0 Å². The second-order valence-electron chi connectivity index (χ2n) is 3.61. The first kappa shape index (κ1) is 16.4. The highest BCUT2D eigenvalue weighted by Gasteiger charge is 2.17. The number of hydrogen-bond acceptors (Lipinski definition) is 6. The van der Waals surface area contributed by atoms with Gasteiger partial charge in [0.15, 0.2) is 0 Å². The average Bonchev–Trinajstić information content (AvgIpc) is 2.38. The second kappa shape index (κ2) is 11.8. The molecule has 0 atom stereocenters. The third-order valence-electron chi connectivity index (χ3n) is 2.12. The molecular formula is C12H18N2O4. The molecule has 100 valence electrons. The van der Waals surface area contributed by atoms with Crippen molar-refractivity contribution in [1.29, 1.82) is 10.5 Å². The second-order valence-corrected chi connectivity index (χ2v) is 3.61. The minimum absolute atomic E-state index is 0.179. The van der Waals surface area contributed by atoms with E-state index in [4.69, 9.17) is 25.1 Å². The van der Waals surface area contributed by atoms with Crippen LogP contribution in [0.1, 0.15) is 25.7 Å². The topological polar surface area (TPSA) is 103 Å². The van der Waals surface area contributed by atoms with Gasteiger partial charge in [-0.05, 0) is 25.7 Å². The molecule has 0 radical (unpaired) electrons. The molecule has 0 saturated carbocycles. The van der Waals surface area contributed by atoms with Crippen molar-refractivity contribution in [3.8, 4) is 12.1 Å². The lowest BCUT2D eigenvalue weighted by Crippen LogP contribution is -2.15. The smallest absolute Gasteiger partial charge is 0.338 e. The Labute approximate surface area is 107 Å². The monoisotopic (exact) mass is 254 g/mol. The number of carbonyl (C=O) groups excluding carboxylic acids is 1. The first-order chi connectivity index (χ1) is 8.76. The van der Waals surface area contributed by atoms with Gasteiger partial charge in [0.2, 0.25) is 5.92 Å². The fraction of sp³-hybridized carbons (Fsp3) is 0.750. The van der Waals surface area contributed by atoms with Crippen molar-refractivity contribution in [1.82, 2.24) is 0 Å². The van der Waals surface area contributed by atoms with E-state index in [-0.39, 0.29) is 13.2 Å². The zero-order valence-corrected chi connectivity index (χ0v) is 10.3. The zero-order valence-electron chi connectivity index (χ0n) is 10.3. The van der Waals surface area contributed by atoms with Gasteiger partial charge in [0, 0.05) is 19.8 Å². The lowest BCUT2D eigenvalue weighted by Gasteiger charge is -2.05. The molecular weight excluding hydrogens is 236 g/mol. The SMILES string of the molecule is N#CC(C#N)C(=O)OCCCCOCCCCO. The van der Waals surface area contributed by atoms with E-state index in [1.54, 1.807) is 12.1 Å². The van der Waals surface area contributed by atoms with E-state index >= 15 is 0 Å². The van der Waals surface area contributed by atoms with Crippen LogP contribution < -0.4 is 0 Å². The quantitative estimate of drug-likeness (QED) is 0.456. The standard InChI is InChI=1S/C12H18N2O4/c13-9-11(10-14)12(16)18-8-4-3-7-17-6-2-1-5-15/h11,15H,1-8H2. The van der Waals surface area contributed by atoms with Crippen LogP contribution in [0.25, 0.3) is 0 Å². The largest absolute Gasteiger partial charge is 0.464 e. The number of rotatable bonds is 10. The maximum Gasteiger partial charge on any atom is 0.338 e. The van der Waals surface area contributed by atoms with Crippen molar-refractivity contribution < 1.29 is 19.4 Å². The first-order valence-electron chi connectivity index (χ1n) is 5.90. The minimum Gasteiger partial charge on any atom is -0.464 e. The molecule has 0 spiro atoms. The molecule has 0 bridgehead atoms. The molecule has 0 heterocycles. The summed E-state index contributed by atoms with van der Waals surface area (Å²) >= 11 is 0. The molecule has 0 aliphatic carbocycles. The van der Waals surface area contributed by atoms with Crippen molar-refractivity contribution in [3.05, 3.63) is 0 Å². The molecule has 0 saturated heterocycles. The molecule has 0 amide bonds. The Morgan fingerprint density at radius 3 is 2.17 bits per heavy atom. The number of carbonyl (C=O) groups is 1. The van der Waals surface area contributed by atoms with Crippen LogP contribution in [0.3, 0.4) is 0 Å². The third-order valence-corrected chi connectivity index (χ3v) is 2.12. The highest BCUT2D eigenvalue weighted by atomic mass is 16.5. The number of aliphatic hydroxyl groups excluding tert-OH is 1. The Morgan fingerprint density at radius 1 is 1.06 bits per heavy atom. The molecule has 0 aliphatic rings. The van der Waals surface area contributed by atoms with Gasteiger partial charge in [-0.15, -0.1) is 0 Å². The minimum atomic E-state index is -1.33. The highest BCUT2D eigenvalue weighted by molar-refractivity contribution is 5.78. The number of nitrogens with zero attached hydrogens (tertiary/aromatic N) is 2. The van der Waals surface area contributed by atoms with Crippen LogP contribution in [0, 0.1) is 28.6 Å². The van der Waals surface area contributed by atoms with Gasteiger partial charge in [-0.25, -0.2) is 4.79 Å². The molecule has 6 nitrogen and oxygen atoms in total. The van der Waals surface area contributed by atoms with Gasteiger partial charge in [-0.2, -0.15) is 10.5 Å². The van der Waals surface area contributed by atoms with Crippen LogP contribution in [0.4, 0.5) is 0 Å². The van der Waals surface area contributed by atoms with Crippen LogP contribution >= 0.6 is 0 Å². The summed E-state index contributed by atoms with van der Waals surface area (Å²) in [6, 6.07) is 3.10. The van der Waals surface area contributed by atoms with E-state index < -0.39 is 11.9 Å². The van der Waals surface area contributed by atoms with Gasteiger partial charge in [-0.1, -0.05) is 0 Å².